The number of ether oxygens (including phenoxy) is 2. The van der Waals surface area contributed by atoms with E-state index >= 15 is 0 Å². The van der Waals surface area contributed by atoms with E-state index < -0.39 is 5.60 Å². The molecule has 0 bridgehead atoms. The Kier molecular flexibility index (Phi) is 6.64. The van der Waals surface area contributed by atoms with Gasteiger partial charge in [-0.2, -0.15) is 0 Å². The number of pyridine rings is 1. The molecule has 31 heavy (non-hydrogen) atoms. The molecule has 1 aliphatic rings. The van der Waals surface area contributed by atoms with Gasteiger partial charge in [0.25, 0.3) is 5.56 Å². The highest BCUT2D eigenvalue weighted by Gasteiger charge is 2.33. The van der Waals surface area contributed by atoms with Crippen molar-refractivity contribution in [2.45, 2.75) is 57.8 Å². The number of amides is 1. The lowest BCUT2D eigenvalue weighted by molar-refractivity contribution is 0.0289. The van der Waals surface area contributed by atoms with Crippen LogP contribution in [0.25, 0.3) is 16.8 Å². The molecular formula is C22H30N4O4S. The summed E-state index contributed by atoms with van der Waals surface area (Å²) in [6, 6.07) is -0.235. The molecule has 2 aromatic rings. The molecule has 1 atom stereocenters. The van der Waals surface area contributed by atoms with Crippen molar-refractivity contribution in [3.05, 3.63) is 34.3 Å². The van der Waals surface area contributed by atoms with Gasteiger partial charge in [0.15, 0.2) is 5.16 Å². The number of carbonyl (C=O) groups is 1. The molecule has 0 saturated carbocycles. The van der Waals surface area contributed by atoms with E-state index in [9.17, 15) is 9.59 Å². The standard InChI is InChI=1S/C22H30N4O4S/c1-8-29-14(3)17-13(2)16-11-23-20(31-7)24-18(16)26(19(17)27)15-9-10-25(12-15)21(28)30-22(4,5)6/h11,15H,3,8-10,12H2,1-2,4-7H3/t15-/m0/s1. The van der Waals surface area contributed by atoms with Crippen LogP contribution in [0.2, 0.25) is 0 Å². The summed E-state index contributed by atoms with van der Waals surface area (Å²) >= 11 is 1.41. The van der Waals surface area contributed by atoms with Crippen molar-refractivity contribution < 1.29 is 14.3 Å². The molecule has 1 saturated heterocycles. The van der Waals surface area contributed by atoms with Crippen molar-refractivity contribution in [3.63, 3.8) is 0 Å². The number of carbonyl (C=O) groups excluding carboxylic acids is 1. The van der Waals surface area contributed by atoms with Gasteiger partial charge in [-0.3, -0.25) is 9.36 Å². The molecule has 9 heteroatoms. The molecule has 168 valence electrons. The second kappa shape index (κ2) is 8.90. The van der Waals surface area contributed by atoms with Gasteiger partial charge in [-0.15, -0.1) is 0 Å². The topological polar surface area (TPSA) is 86.6 Å². The molecule has 0 aromatic carbocycles. The Morgan fingerprint density at radius 2 is 2.10 bits per heavy atom. The Morgan fingerprint density at radius 1 is 1.39 bits per heavy atom. The number of hydrogen-bond acceptors (Lipinski definition) is 7. The fourth-order valence-corrected chi connectivity index (χ4v) is 4.11. The quantitative estimate of drug-likeness (QED) is 0.390. The predicted octanol–water partition coefficient (Wildman–Crippen LogP) is 4.01. The lowest BCUT2D eigenvalue weighted by Gasteiger charge is -2.25. The second-order valence-electron chi connectivity index (χ2n) is 8.49. The third-order valence-electron chi connectivity index (χ3n) is 5.15. The first kappa shape index (κ1) is 23.1. The third kappa shape index (κ3) is 4.71. The molecule has 3 rings (SSSR count). The minimum atomic E-state index is -0.578. The van der Waals surface area contributed by atoms with E-state index in [0.717, 1.165) is 10.9 Å². The van der Waals surface area contributed by atoms with E-state index in [4.69, 9.17) is 9.47 Å². The predicted molar refractivity (Wildman–Crippen MR) is 122 cm³/mol. The molecule has 1 amide bonds. The van der Waals surface area contributed by atoms with Crippen LogP contribution in [0.4, 0.5) is 4.79 Å². The molecule has 1 aliphatic heterocycles. The Bertz CT molecular complexity index is 1070. The molecule has 0 N–H and O–H groups in total. The van der Waals surface area contributed by atoms with Crippen molar-refractivity contribution in [3.8, 4) is 0 Å². The van der Waals surface area contributed by atoms with Crippen LogP contribution in [0.5, 0.6) is 0 Å². The van der Waals surface area contributed by atoms with Crippen molar-refractivity contribution in [2.24, 2.45) is 0 Å². The summed E-state index contributed by atoms with van der Waals surface area (Å²) in [6.07, 6.45) is 3.87. The number of thioether (sulfide) groups is 1. The zero-order valence-electron chi connectivity index (χ0n) is 19.0. The van der Waals surface area contributed by atoms with E-state index in [-0.39, 0.29) is 17.7 Å². The van der Waals surface area contributed by atoms with E-state index in [1.54, 1.807) is 15.7 Å². The highest BCUT2D eigenvalue weighted by Crippen LogP contribution is 2.29. The number of aryl methyl sites for hydroxylation is 1. The molecule has 0 aliphatic carbocycles. The first-order chi connectivity index (χ1) is 14.6. The average Bonchev–Trinajstić information content (AvgIpc) is 3.16. The van der Waals surface area contributed by atoms with Gasteiger partial charge in [-0.05, 0) is 52.9 Å². The highest BCUT2D eigenvalue weighted by molar-refractivity contribution is 7.98. The molecule has 0 spiro atoms. The Balaban J connectivity index is 2.11. The largest absolute Gasteiger partial charge is 0.494 e. The summed E-state index contributed by atoms with van der Waals surface area (Å²) < 4.78 is 12.8. The Labute approximate surface area is 186 Å². The zero-order valence-corrected chi connectivity index (χ0v) is 19.8. The van der Waals surface area contributed by atoms with Crippen LogP contribution in [0.1, 0.15) is 51.3 Å². The van der Waals surface area contributed by atoms with Crippen molar-refractivity contribution in [1.82, 2.24) is 19.4 Å². The monoisotopic (exact) mass is 446 g/mol. The Hall–Kier alpha value is -2.55. The lowest BCUT2D eigenvalue weighted by Crippen LogP contribution is -2.36. The smallest absolute Gasteiger partial charge is 0.410 e. The summed E-state index contributed by atoms with van der Waals surface area (Å²) in [5, 5.41) is 1.35. The van der Waals surface area contributed by atoms with Crippen LogP contribution in [0.3, 0.4) is 0 Å². The van der Waals surface area contributed by atoms with Gasteiger partial charge in [0.2, 0.25) is 0 Å². The number of likely N-dealkylation sites (tertiary alicyclic amines) is 1. The van der Waals surface area contributed by atoms with Crippen LogP contribution >= 0.6 is 11.8 Å². The van der Waals surface area contributed by atoms with Gasteiger partial charge in [0.1, 0.15) is 17.0 Å². The average molecular weight is 447 g/mol. The minimum Gasteiger partial charge on any atom is -0.494 e. The van der Waals surface area contributed by atoms with Gasteiger partial charge in [0.05, 0.1) is 18.2 Å². The minimum absolute atomic E-state index is 0.217. The summed E-state index contributed by atoms with van der Waals surface area (Å²) in [6.45, 7) is 14.5. The van der Waals surface area contributed by atoms with Crippen LogP contribution in [0.15, 0.2) is 22.7 Å². The fourth-order valence-electron chi connectivity index (χ4n) is 3.77. The fraction of sp³-hybridized carbons (Fsp3) is 0.545. The molecule has 0 unspecified atom stereocenters. The van der Waals surface area contributed by atoms with Crippen molar-refractivity contribution >= 4 is 34.6 Å². The van der Waals surface area contributed by atoms with Gasteiger partial charge >= 0.3 is 6.09 Å². The van der Waals surface area contributed by atoms with Crippen molar-refractivity contribution in [1.29, 1.82) is 0 Å². The Morgan fingerprint density at radius 3 is 2.71 bits per heavy atom. The van der Waals surface area contributed by atoms with E-state index in [2.05, 4.69) is 16.5 Å². The highest BCUT2D eigenvalue weighted by atomic mass is 32.2. The summed E-state index contributed by atoms with van der Waals surface area (Å²) in [4.78, 5) is 36.9. The molecule has 2 aromatic heterocycles. The summed E-state index contributed by atoms with van der Waals surface area (Å²) in [7, 11) is 0. The summed E-state index contributed by atoms with van der Waals surface area (Å²) in [5.74, 6) is 0.330. The second-order valence-corrected chi connectivity index (χ2v) is 9.27. The lowest BCUT2D eigenvalue weighted by atomic mass is 10.1. The van der Waals surface area contributed by atoms with E-state index in [1.807, 2.05) is 40.9 Å². The van der Waals surface area contributed by atoms with Crippen LogP contribution in [-0.4, -0.2) is 57.1 Å². The molecular weight excluding hydrogens is 416 g/mol. The maximum Gasteiger partial charge on any atom is 0.410 e. The first-order valence-corrected chi connectivity index (χ1v) is 11.6. The van der Waals surface area contributed by atoms with Gasteiger partial charge < -0.3 is 14.4 Å². The molecule has 0 radical (unpaired) electrons. The van der Waals surface area contributed by atoms with Gasteiger partial charge in [-0.25, -0.2) is 14.8 Å². The maximum atomic E-state index is 13.6. The number of rotatable bonds is 5. The molecule has 1 fully saturated rings. The van der Waals surface area contributed by atoms with E-state index in [1.165, 1.54) is 11.8 Å². The number of hydrogen-bond donors (Lipinski definition) is 0. The number of nitrogens with zero attached hydrogens (tertiary/aromatic N) is 4. The van der Waals surface area contributed by atoms with E-state index in [0.29, 0.717) is 48.2 Å². The summed E-state index contributed by atoms with van der Waals surface area (Å²) in [5.41, 5.74) is 0.928. The zero-order chi connectivity index (χ0) is 22.9. The SMILES string of the molecule is C=C(OCC)c1c(C)c2cnc(SC)nc2n([C@H]2CCN(C(=O)OC(C)(C)C)C2)c1=O. The van der Waals surface area contributed by atoms with Gasteiger partial charge in [0, 0.05) is 24.7 Å². The first-order valence-electron chi connectivity index (χ1n) is 10.3. The molecule has 8 nitrogen and oxygen atoms in total. The van der Waals surface area contributed by atoms with Crippen LogP contribution in [-0.2, 0) is 9.47 Å². The van der Waals surface area contributed by atoms with Gasteiger partial charge in [-0.1, -0.05) is 18.3 Å². The molecule has 3 heterocycles. The maximum absolute atomic E-state index is 13.6. The normalized spacial score (nSPS) is 16.6. The number of aromatic nitrogens is 3. The van der Waals surface area contributed by atoms with Crippen LogP contribution < -0.4 is 5.56 Å². The van der Waals surface area contributed by atoms with Crippen molar-refractivity contribution in [2.75, 3.05) is 26.0 Å². The third-order valence-corrected chi connectivity index (χ3v) is 5.71. The number of fused-ring (bicyclic) bond motifs is 1. The van der Waals surface area contributed by atoms with Crippen LogP contribution in [0, 0.1) is 6.92 Å².